The first-order valence-electron chi connectivity index (χ1n) is 5.84. The quantitative estimate of drug-likeness (QED) is 0.856. The van der Waals surface area contributed by atoms with Gasteiger partial charge in [0.1, 0.15) is 18.5 Å². The Labute approximate surface area is 103 Å². The number of ether oxygens (including phenoxy) is 2. The van der Waals surface area contributed by atoms with E-state index in [0.717, 1.165) is 5.75 Å². The van der Waals surface area contributed by atoms with Crippen molar-refractivity contribution in [2.75, 3.05) is 20.3 Å². The van der Waals surface area contributed by atoms with Crippen LogP contribution in [0.2, 0.25) is 0 Å². The highest BCUT2D eigenvalue weighted by Gasteiger charge is 2.14. The predicted octanol–water partition coefficient (Wildman–Crippen LogP) is 2.37. The van der Waals surface area contributed by atoms with Crippen LogP contribution < -0.4 is 4.74 Å². The summed E-state index contributed by atoms with van der Waals surface area (Å²) >= 11 is 0. The molecule has 1 unspecified atom stereocenters. The second-order valence-corrected chi connectivity index (χ2v) is 5.20. The molecule has 0 saturated carbocycles. The average Bonchev–Trinajstić information content (AvgIpc) is 2.26. The molecule has 96 valence electrons. The number of hydrogen-bond donors (Lipinski definition) is 1. The van der Waals surface area contributed by atoms with Crippen LogP contribution in [0.1, 0.15) is 26.3 Å². The summed E-state index contributed by atoms with van der Waals surface area (Å²) in [6.45, 7) is 7.02. The Morgan fingerprint density at radius 3 is 2.53 bits per heavy atom. The van der Waals surface area contributed by atoms with Crippen molar-refractivity contribution in [3.05, 3.63) is 29.8 Å². The monoisotopic (exact) mass is 238 g/mol. The summed E-state index contributed by atoms with van der Waals surface area (Å²) in [7, 11) is 1.56. The molecular weight excluding hydrogens is 216 g/mol. The zero-order valence-corrected chi connectivity index (χ0v) is 11.1. The van der Waals surface area contributed by atoms with Crippen LogP contribution in [0.3, 0.4) is 0 Å². The highest BCUT2D eigenvalue weighted by atomic mass is 16.5. The summed E-state index contributed by atoms with van der Waals surface area (Å²) in [5.41, 5.74) is 1.32. The number of rotatable bonds is 5. The summed E-state index contributed by atoms with van der Waals surface area (Å²) in [6.07, 6.45) is -0.585. The highest BCUT2D eigenvalue weighted by Crippen LogP contribution is 2.25. The number of benzene rings is 1. The standard InChI is InChI=1S/C14H22O3/c1-14(2,3)11-6-5-7-13(8-11)17-10-12(15)9-16-4/h5-8,12,15H,9-10H2,1-4H3. The molecule has 1 aromatic rings. The molecule has 0 aliphatic carbocycles. The topological polar surface area (TPSA) is 38.7 Å². The number of methoxy groups -OCH3 is 1. The lowest BCUT2D eigenvalue weighted by atomic mass is 9.87. The Morgan fingerprint density at radius 1 is 1.24 bits per heavy atom. The van der Waals surface area contributed by atoms with E-state index in [2.05, 4.69) is 26.8 Å². The van der Waals surface area contributed by atoms with Gasteiger partial charge in [-0.05, 0) is 23.1 Å². The average molecular weight is 238 g/mol. The molecule has 1 rings (SSSR count). The maximum absolute atomic E-state index is 9.49. The Hall–Kier alpha value is -1.06. The van der Waals surface area contributed by atoms with Crippen LogP contribution in [0.4, 0.5) is 0 Å². The lowest BCUT2D eigenvalue weighted by Gasteiger charge is -2.20. The summed E-state index contributed by atoms with van der Waals surface area (Å²) in [4.78, 5) is 0. The van der Waals surface area contributed by atoms with Crippen molar-refractivity contribution in [2.24, 2.45) is 0 Å². The van der Waals surface area contributed by atoms with E-state index in [1.54, 1.807) is 7.11 Å². The lowest BCUT2D eigenvalue weighted by Crippen LogP contribution is -2.22. The van der Waals surface area contributed by atoms with Gasteiger partial charge in [0.2, 0.25) is 0 Å². The van der Waals surface area contributed by atoms with Gasteiger partial charge >= 0.3 is 0 Å². The van der Waals surface area contributed by atoms with E-state index < -0.39 is 6.10 Å². The molecule has 1 atom stereocenters. The third-order valence-corrected chi connectivity index (χ3v) is 2.50. The minimum Gasteiger partial charge on any atom is -0.491 e. The minimum absolute atomic E-state index is 0.102. The molecule has 0 aromatic heterocycles. The zero-order valence-electron chi connectivity index (χ0n) is 11.1. The summed E-state index contributed by atoms with van der Waals surface area (Å²) < 4.78 is 10.4. The number of hydrogen-bond acceptors (Lipinski definition) is 3. The molecular formula is C14H22O3. The molecule has 0 fully saturated rings. The van der Waals surface area contributed by atoms with Gasteiger partial charge in [-0.25, -0.2) is 0 Å². The molecule has 0 bridgehead atoms. The second-order valence-electron chi connectivity index (χ2n) is 5.20. The fourth-order valence-electron chi connectivity index (χ4n) is 1.49. The third kappa shape index (κ3) is 4.75. The minimum atomic E-state index is -0.585. The van der Waals surface area contributed by atoms with Crippen LogP contribution in [0, 0.1) is 0 Å². The van der Waals surface area contributed by atoms with E-state index in [9.17, 15) is 5.11 Å². The smallest absolute Gasteiger partial charge is 0.119 e. The predicted molar refractivity (Wildman–Crippen MR) is 68.5 cm³/mol. The maximum atomic E-state index is 9.49. The van der Waals surface area contributed by atoms with E-state index in [1.807, 2.05) is 18.2 Å². The molecule has 0 heterocycles. The van der Waals surface area contributed by atoms with Crippen molar-refractivity contribution < 1.29 is 14.6 Å². The molecule has 0 amide bonds. The van der Waals surface area contributed by atoms with Crippen LogP contribution in [-0.2, 0) is 10.2 Å². The Bertz CT molecular complexity index is 342. The zero-order chi connectivity index (χ0) is 12.9. The SMILES string of the molecule is COCC(O)COc1cccc(C(C)(C)C)c1. The summed E-state index contributed by atoms with van der Waals surface area (Å²) in [5.74, 6) is 0.785. The second kappa shape index (κ2) is 6.03. The first kappa shape index (κ1) is 14.0. The van der Waals surface area contributed by atoms with Crippen LogP contribution in [0.15, 0.2) is 24.3 Å². The number of aliphatic hydroxyl groups excluding tert-OH is 1. The Morgan fingerprint density at radius 2 is 1.94 bits per heavy atom. The van der Waals surface area contributed by atoms with Gasteiger partial charge in [-0.3, -0.25) is 0 Å². The van der Waals surface area contributed by atoms with E-state index in [-0.39, 0.29) is 12.0 Å². The van der Waals surface area contributed by atoms with E-state index in [4.69, 9.17) is 9.47 Å². The molecule has 0 spiro atoms. The van der Waals surface area contributed by atoms with Gasteiger partial charge in [0.25, 0.3) is 0 Å². The van der Waals surface area contributed by atoms with Gasteiger partial charge in [-0.1, -0.05) is 32.9 Å². The van der Waals surface area contributed by atoms with Crippen molar-refractivity contribution in [1.82, 2.24) is 0 Å². The van der Waals surface area contributed by atoms with Crippen molar-refractivity contribution >= 4 is 0 Å². The molecule has 0 aliphatic heterocycles. The molecule has 0 radical (unpaired) electrons. The van der Waals surface area contributed by atoms with E-state index in [1.165, 1.54) is 5.56 Å². The van der Waals surface area contributed by atoms with Crippen LogP contribution >= 0.6 is 0 Å². The normalized spacial score (nSPS) is 13.5. The Kier molecular flexibility index (Phi) is 4.97. The first-order valence-corrected chi connectivity index (χ1v) is 5.84. The van der Waals surface area contributed by atoms with Crippen molar-refractivity contribution in [1.29, 1.82) is 0 Å². The summed E-state index contributed by atoms with van der Waals surface area (Å²) in [5, 5.41) is 9.49. The van der Waals surface area contributed by atoms with Crippen molar-refractivity contribution in [3.63, 3.8) is 0 Å². The first-order chi connectivity index (χ1) is 7.93. The van der Waals surface area contributed by atoms with E-state index >= 15 is 0 Å². The van der Waals surface area contributed by atoms with Gasteiger partial charge in [-0.2, -0.15) is 0 Å². The van der Waals surface area contributed by atoms with Gasteiger partial charge < -0.3 is 14.6 Å². The van der Waals surface area contributed by atoms with Crippen molar-refractivity contribution in [3.8, 4) is 5.75 Å². The molecule has 1 N–H and O–H groups in total. The fraction of sp³-hybridized carbons (Fsp3) is 0.571. The molecule has 0 saturated heterocycles. The maximum Gasteiger partial charge on any atom is 0.119 e. The highest BCUT2D eigenvalue weighted by molar-refractivity contribution is 5.32. The van der Waals surface area contributed by atoms with Crippen LogP contribution in [0.25, 0.3) is 0 Å². The van der Waals surface area contributed by atoms with Crippen molar-refractivity contribution in [2.45, 2.75) is 32.3 Å². The van der Waals surface area contributed by atoms with E-state index in [0.29, 0.717) is 6.61 Å². The van der Waals surface area contributed by atoms with Crippen LogP contribution in [-0.4, -0.2) is 31.5 Å². The van der Waals surface area contributed by atoms with Gasteiger partial charge in [0.05, 0.1) is 6.61 Å². The molecule has 0 aliphatic rings. The Balaban J connectivity index is 2.60. The molecule has 1 aromatic carbocycles. The third-order valence-electron chi connectivity index (χ3n) is 2.50. The lowest BCUT2D eigenvalue weighted by molar-refractivity contribution is 0.0325. The van der Waals surface area contributed by atoms with Gasteiger partial charge in [0.15, 0.2) is 0 Å². The number of aliphatic hydroxyl groups is 1. The summed E-state index contributed by atoms with van der Waals surface area (Å²) in [6, 6.07) is 7.96. The van der Waals surface area contributed by atoms with Crippen LogP contribution in [0.5, 0.6) is 5.75 Å². The largest absolute Gasteiger partial charge is 0.491 e. The van der Waals surface area contributed by atoms with Gasteiger partial charge in [-0.15, -0.1) is 0 Å². The molecule has 3 nitrogen and oxygen atoms in total. The fourth-order valence-corrected chi connectivity index (χ4v) is 1.49. The molecule has 3 heteroatoms. The molecule has 17 heavy (non-hydrogen) atoms. The van der Waals surface area contributed by atoms with Gasteiger partial charge in [0, 0.05) is 7.11 Å².